The summed E-state index contributed by atoms with van der Waals surface area (Å²) in [5, 5.41) is 0. The van der Waals surface area contributed by atoms with Crippen molar-refractivity contribution in [2.75, 3.05) is 12.3 Å². The highest BCUT2D eigenvalue weighted by atomic mass is 16.2. The van der Waals surface area contributed by atoms with E-state index in [4.69, 9.17) is 5.73 Å². The maximum Gasteiger partial charge on any atom is 0.254 e. The lowest BCUT2D eigenvalue weighted by atomic mass is 10.0. The fourth-order valence-corrected chi connectivity index (χ4v) is 2.91. The molecule has 0 aromatic heterocycles. The van der Waals surface area contributed by atoms with Crippen molar-refractivity contribution in [1.29, 1.82) is 0 Å². The Labute approximate surface area is 115 Å². The molecule has 3 heteroatoms. The molecule has 1 atom stereocenters. The highest BCUT2D eigenvalue weighted by Gasteiger charge is 2.26. The Kier molecular flexibility index (Phi) is 4.46. The third-order valence-corrected chi connectivity index (χ3v) is 4.22. The van der Waals surface area contributed by atoms with Crippen molar-refractivity contribution < 1.29 is 4.79 Å². The quantitative estimate of drug-likeness (QED) is 0.829. The van der Waals surface area contributed by atoms with Crippen LogP contribution in [0.15, 0.2) is 18.2 Å². The molecule has 0 saturated carbocycles. The normalized spacial score (nSPS) is 20.1. The topological polar surface area (TPSA) is 46.3 Å². The third-order valence-electron chi connectivity index (χ3n) is 4.22. The van der Waals surface area contributed by atoms with Gasteiger partial charge in [-0.1, -0.05) is 25.8 Å². The molecule has 1 unspecified atom stereocenters. The van der Waals surface area contributed by atoms with E-state index >= 15 is 0 Å². The van der Waals surface area contributed by atoms with Crippen LogP contribution in [0.4, 0.5) is 5.69 Å². The monoisotopic (exact) mass is 260 g/mol. The molecule has 1 aliphatic heterocycles. The first-order valence-corrected chi connectivity index (χ1v) is 7.31. The van der Waals surface area contributed by atoms with Crippen LogP contribution < -0.4 is 5.73 Å². The molecule has 1 saturated heterocycles. The SMILES string of the molecule is CCC1CCCCCN1C(=O)c1cccc(N)c1C. The fraction of sp³-hybridized carbons (Fsp3) is 0.562. The van der Waals surface area contributed by atoms with Gasteiger partial charge < -0.3 is 10.6 Å². The molecule has 0 aliphatic carbocycles. The average Bonchev–Trinajstić information content (AvgIpc) is 2.66. The van der Waals surface area contributed by atoms with Gasteiger partial charge in [0.1, 0.15) is 0 Å². The molecule has 1 aromatic carbocycles. The van der Waals surface area contributed by atoms with Gasteiger partial charge in [0.2, 0.25) is 0 Å². The molecule has 2 N–H and O–H groups in total. The Balaban J connectivity index is 2.28. The molecule has 0 radical (unpaired) electrons. The zero-order valence-corrected chi connectivity index (χ0v) is 12.0. The van der Waals surface area contributed by atoms with E-state index in [1.807, 2.05) is 25.1 Å². The maximum atomic E-state index is 12.8. The number of hydrogen-bond acceptors (Lipinski definition) is 2. The highest BCUT2D eigenvalue weighted by Crippen LogP contribution is 2.24. The van der Waals surface area contributed by atoms with E-state index in [0.717, 1.165) is 36.9 Å². The van der Waals surface area contributed by atoms with Gasteiger partial charge in [-0.25, -0.2) is 0 Å². The van der Waals surface area contributed by atoms with E-state index < -0.39 is 0 Å². The van der Waals surface area contributed by atoms with Gasteiger partial charge in [-0.05, 0) is 43.9 Å². The van der Waals surface area contributed by atoms with E-state index in [2.05, 4.69) is 11.8 Å². The number of carbonyl (C=O) groups excluding carboxylic acids is 1. The second-order valence-corrected chi connectivity index (χ2v) is 5.43. The molecule has 3 nitrogen and oxygen atoms in total. The average molecular weight is 260 g/mol. The number of carbonyl (C=O) groups is 1. The maximum absolute atomic E-state index is 12.8. The molecular weight excluding hydrogens is 236 g/mol. The Bertz CT molecular complexity index is 456. The number of likely N-dealkylation sites (tertiary alicyclic amines) is 1. The molecule has 1 heterocycles. The summed E-state index contributed by atoms with van der Waals surface area (Å²) < 4.78 is 0. The minimum Gasteiger partial charge on any atom is -0.398 e. The lowest BCUT2D eigenvalue weighted by molar-refractivity contribution is 0.0677. The first-order valence-electron chi connectivity index (χ1n) is 7.31. The van der Waals surface area contributed by atoms with Gasteiger partial charge in [-0.3, -0.25) is 4.79 Å². The summed E-state index contributed by atoms with van der Waals surface area (Å²) >= 11 is 0. The number of nitrogens with two attached hydrogens (primary N) is 1. The number of rotatable bonds is 2. The van der Waals surface area contributed by atoms with Gasteiger partial charge in [0.15, 0.2) is 0 Å². The zero-order valence-electron chi connectivity index (χ0n) is 12.0. The minimum atomic E-state index is 0.151. The second kappa shape index (κ2) is 6.09. The molecule has 1 aliphatic rings. The first kappa shape index (κ1) is 13.9. The third kappa shape index (κ3) is 2.91. The Morgan fingerprint density at radius 1 is 1.37 bits per heavy atom. The number of nitrogen functional groups attached to an aromatic ring is 1. The summed E-state index contributed by atoms with van der Waals surface area (Å²) in [4.78, 5) is 14.8. The molecule has 1 fully saturated rings. The minimum absolute atomic E-state index is 0.151. The predicted molar refractivity (Wildman–Crippen MR) is 79.2 cm³/mol. The summed E-state index contributed by atoms with van der Waals surface area (Å²) in [5.41, 5.74) is 8.29. The number of nitrogens with zero attached hydrogens (tertiary/aromatic N) is 1. The number of hydrogen-bond donors (Lipinski definition) is 1. The molecule has 0 bridgehead atoms. The van der Waals surface area contributed by atoms with Crippen molar-refractivity contribution in [3.63, 3.8) is 0 Å². The van der Waals surface area contributed by atoms with Crippen LogP contribution in [0.1, 0.15) is 54.9 Å². The molecule has 1 amide bonds. The first-order chi connectivity index (χ1) is 9.15. The van der Waals surface area contributed by atoms with Crippen LogP contribution >= 0.6 is 0 Å². The summed E-state index contributed by atoms with van der Waals surface area (Å²) in [6, 6.07) is 6.00. The van der Waals surface area contributed by atoms with Crippen LogP contribution in [0, 0.1) is 6.92 Å². The largest absolute Gasteiger partial charge is 0.398 e. The van der Waals surface area contributed by atoms with E-state index in [1.54, 1.807) is 0 Å². The van der Waals surface area contributed by atoms with Crippen LogP contribution in [0.2, 0.25) is 0 Å². The zero-order chi connectivity index (χ0) is 13.8. The predicted octanol–water partition coefficient (Wildman–Crippen LogP) is 3.37. The lowest BCUT2D eigenvalue weighted by Gasteiger charge is -2.30. The highest BCUT2D eigenvalue weighted by molar-refractivity contribution is 5.97. The molecule has 1 aromatic rings. The summed E-state index contributed by atoms with van der Waals surface area (Å²) in [6.07, 6.45) is 5.74. The second-order valence-electron chi connectivity index (χ2n) is 5.43. The molecule has 2 rings (SSSR count). The van der Waals surface area contributed by atoms with E-state index in [1.165, 1.54) is 12.8 Å². The van der Waals surface area contributed by atoms with Crippen molar-refractivity contribution in [3.8, 4) is 0 Å². The summed E-state index contributed by atoms with van der Waals surface area (Å²) in [6.45, 7) is 4.98. The van der Waals surface area contributed by atoms with Gasteiger partial charge in [0.05, 0.1) is 0 Å². The molecule has 19 heavy (non-hydrogen) atoms. The van der Waals surface area contributed by atoms with Crippen molar-refractivity contribution in [3.05, 3.63) is 29.3 Å². The van der Waals surface area contributed by atoms with Gasteiger partial charge in [0, 0.05) is 23.8 Å². The molecular formula is C16H24N2O. The Morgan fingerprint density at radius 2 is 2.16 bits per heavy atom. The van der Waals surface area contributed by atoms with Gasteiger partial charge in [0.25, 0.3) is 5.91 Å². The standard InChI is InChI=1S/C16H24N2O/c1-3-13-8-5-4-6-11-18(13)16(19)14-9-7-10-15(17)12(14)2/h7,9-10,13H,3-6,8,11,17H2,1-2H3. The Morgan fingerprint density at radius 3 is 2.89 bits per heavy atom. The molecule has 0 spiro atoms. The van der Waals surface area contributed by atoms with Crippen molar-refractivity contribution >= 4 is 11.6 Å². The van der Waals surface area contributed by atoms with Crippen molar-refractivity contribution in [1.82, 2.24) is 4.90 Å². The fourth-order valence-electron chi connectivity index (χ4n) is 2.91. The van der Waals surface area contributed by atoms with Gasteiger partial charge >= 0.3 is 0 Å². The Hall–Kier alpha value is -1.51. The summed E-state index contributed by atoms with van der Waals surface area (Å²) in [5.74, 6) is 0.151. The smallest absolute Gasteiger partial charge is 0.254 e. The van der Waals surface area contributed by atoms with Gasteiger partial charge in [-0.15, -0.1) is 0 Å². The van der Waals surface area contributed by atoms with Crippen LogP contribution in [0.5, 0.6) is 0 Å². The van der Waals surface area contributed by atoms with Crippen LogP contribution in [0.3, 0.4) is 0 Å². The van der Waals surface area contributed by atoms with Crippen LogP contribution in [-0.2, 0) is 0 Å². The molecule has 104 valence electrons. The van der Waals surface area contributed by atoms with Crippen molar-refractivity contribution in [2.45, 2.75) is 52.0 Å². The number of benzene rings is 1. The van der Waals surface area contributed by atoms with E-state index in [-0.39, 0.29) is 5.91 Å². The summed E-state index contributed by atoms with van der Waals surface area (Å²) in [7, 11) is 0. The van der Waals surface area contributed by atoms with E-state index in [0.29, 0.717) is 11.7 Å². The number of anilines is 1. The van der Waals surface area contributed by atoms with Crippen molar-refractivity contribution in [2.24, 2.45) is 0 Å². The van der Waals surface area contributed by atoms with E-state index in [9.17, 15) is 4.79 Å². The number of amides is 1. The lowest BCUT2D eigenvalue weighted by Crippen LogP contribution is -2.40. The van der Waals surface area contributed by atoms with Crippen LogP contribution in [-0.4, -0.2) is 23.4 Å². The van der Waals surface area contributed by atoms with Gasteiger partial charge in [-0.2, -0.15) is 0 Å². The van der Waals surface area contributed by atoms with Crippen LogP contribution in [0.25, 0.3) is 0 Å².